The van der Waals surface area contributed by atoms with Gasteiger partial charge < -0.3 is 14.8 Å². The van der Waals surface area contributed by atoms with Crippen molar-refractivity contribution in [2.24, 2.45) is 0 Å². The first-order chi connectivity index (χ1) is 9.65. The first-order valence-electron chi connectivity index (χ1n) is 6.59. The van der Waals surface area contributed by atoms with Crippen LogP contribution in [0.1, 0.15) is 0 Å². The molecule has 0 spiro atoms. The molecular formula is C12H16N4O4. The Morgan fingerprint density at radius 1 is 1.30 bits per heavy atom. The average Bonchev–Trinajstić information content (AvgIpc) is 2.37. The van der Waals surface area contributed by atoms with E-state index in [2.05, 4.69) is 4.90 Å². The standard InChI is InChI=1S/C12H16N4O4/c17-15-2-1-11(16(18)19)12(7-15)14-5-3-13(4-6-14)10-8-20-9-10/h1-2,7,10H,3-6,8-9H2. The number of pyridine rings is 1. The Kier molecular flexibility index (Phi) is 3.41. The van der Waals surface area contributed by atoms with Crippen LogP contribution < -0.4 is 9.63 Å². The lowest BCUT2D eigenvalue weighted by Crippen LogP contribution is -2.56. The number of hydrogen-bond acceptors (Lipinski definition) is 6. The molecule has 20 heavy (non-hydrogen) atoms. The summed E-state index contributed by atoms with van der Waals surface area (Å²) >= 11 is 0. The molecule has 0 bridgehead atoms. The molecule has 0 aromatic carbocycles. The molecule has 2 saturated heterocycles. The Labute approximate surface area is 115 Å². The molecule has 3 heterocycles. The van der Waals surface area contributed by atoms with Crippen molar-refractivity contribution in [3.63, 3.8) is 0 Å². The van der Waals surface area contributed by atoms with Crippen molar-refractivity contribution in [1.82, 2.24) is 4.90 Å². The van der Waals surface area contributed by atoms with E-state index in [4.69, 9.17) is 4.74 Å². The molecule has 0 N–H and O–H groups in total. The summed E-state index contributed by atoms with van der Waals surface area (Å²) in [7, 11) is 0. The lowest BCUT2D eigenvalue weighted by molar-refractivity contribution is -0.605. The number of hydrogen-bond donors (Lipinski definition) is 0. The third-order valence-electron chi connectivity index (χ3n) is 3.88. The van der Waals surface area contributed by atoms with Crippen LogP contribution in [0.15, 0.2) is 18.5 Å². The Balaban J connectivity index is 1.73. The molecule has 108 valence electrons. The van der Waals surface area contributed by atoms with Gasteiger partial charge in [-0.1, -0.05) is 0 Å². The number of nitro groups is 1. The summed E-state index contributed by atoms with van der Waals surface area (Å²) in [6.45, 7) is 4.57. The summed E-state index contributed by atoms with van der Waals surface area (Å²) in [5, 5.41) is 22.4. The van der Waals surface area contributed by atoms with Crippen molar-refractivity contribution in [1.29, 1.82) is 0 Å². The first kappa shape index (κ1) is 13.1. The SMILES string of the molecule is O=[N+]([O-])c1cc[n+]([O-])cc1N1CCN(C2COC2)CC1. The van der Waals surface area contributed by atoms with E-state index in [1.807, 2.05) is 4.90 Å². The van der Waals surface area contributed by atoms with Gasteiger partial charge in [0.05, 0.1) is 30.2 Å². The van der Waals surface area contributed by atoms with Crippen molar-refractivity contribution in [2.75, 3.05) is 44.3 Å². The van der Waals surface area contributed by atoms with Gasteiger partial charge in [0.1, 0.15) is 0 Å². The van der Waals surface area contributed by atoms with Crippen LogP contribution in [0.25, 0.3) is 0 Å². The summed E-state index contributed by atoms with van der Waals surface area (Å²) in [5.74, 6) is 0. The highest BCUT2D eigenvalue weighted by Gasteiger charge is 2.31. The molecule has 0 saturated carbocycles. The number of aromatic nitrogens is 1. The van der Waals surface area contributed by atoms with Crippen molar-refractivity contribution in [3.05, 3.63) is 33.8 Å². The van der Waals surface area contributed by atoms with Crippen LogP contribution in [0.2, 0.25) is 0 Å². The van der Waals surface area contributed by atoms with Gasteiger partial charge in [-0.05, 0) is 0 Å². The zero-order valence-corrected chi connectivity index (χ0v) is 11.0. The maximum atomic E-state index is 11.4. The Hall–Kier alpha value is -1.93. The van der Waals surface area contributed by atoms with Gasteiger partial charge in [-0.2, -0.15) is 4.73 Å². The second kappa shape index (κ2) is 5.22. The second-order valence-corrected chi connectivity index (χ2v) is 5.05. The number of ether oxygens (including phenoxy) is 1. The minimum Gasteiger partial charge on any atom is -0.619 e. The molecule has 2 aliphatic rings. The topological polar surface area (TPSA) is 85.8 Å². The van der Waals surface area contributed by atoms with Crippen LogP contribution >= 0.6 is 0 Å². The molecule has 8 heteroatoms. The first-order valence-corrected chi connectivity index (χ1v) is 6.59. The molecule has 0 radical (unpaired) electrons. The smallest absolute Gasteiger partial charge is 0.304 e. The maximum Gasteiger partial charge on any atom is 0.304 e. The molecule has 8 nitrogen and oxygen atoms in total. The lowest BCUT2D eigenvalue weighted by atomic mass is 10.1. The molecule has 3 rings (SSSR count). The average molecular weight is 280 g/mol. The number of rotatable bonds is 3. The van der Waals surface area contributed by atoms with E-state index in [1.54, 1.807) is 0 Å². The number of anilines is 1. The van der Waals surface area contributed by atoms with Crippen LogP contribution in [0.3, 0.4) is 0 Å². The fraction of sp³-hybridized carbons (Fsp3) is 0.583. The molecule has 0 unspecified atom stereocenters. The van der Waals surface area contributed by atoms with E-state index in [9.17, 15) is 15.3 Å². The van der Waals surface area contributed by atoms with E-state index in [-0.39, 0.29) is 5.69 Å². The van der Waals surface area contributed by atoms with E-state index < -0.39 is 4.92 Å². The molecule has 1 aromatic rings. The summed E-state index contributed by atoms with van der Waals surface area (Å²) in [5.41, 5.74) is 0.384. The van der Waals surface area contributed by atoms with Gasteiger partial charge in [0.25, 0.3) is 0 Å². The lowest BCUT2D eigenvalue weighted by Gasteiger charge is -2.42. The van der Waals surface area contributed by atoms with E-state index >= 15 is 0 Å². The summed E-state index contributed by atoms with van der Waals surface area (Å²) in [6, 6.07) is 1.74. The largest absolute Gasteiger partial charge is 0.619 e. The minimum absolute atomic E-state index is 0.0162. The molecule has 1 aromatic heterocycles. The molecule has 2 fully saturated rings. The van der Waals surface area contributed by atoms with Crippen LogP contribution in [-0.4, -0.2) is 55.3 Å². The van der Waals surface area contributed by atoms with Gasteiger partial charge in [0.2, 0.25) is 6.20 Å². The fourth-order valence-corrected chi connectivity index (χ4v) is 2.62. The fourth-order valence-electron chi connectivity index (χ4n) is 2.62. The molecule has 0 atom stereocenters. The van der Waals surface area contributed by atoms with Gasteiger partial charge in [-0.15, -0.1) is 0 Å². The quantitative estimate of drug-likeness (QED) is 0.328. The zero-order chi connectivity index (χ0) is 14.1. The normalized spacial score (nSPS) is 20.7. The number of piperazine rings is 1. The number of nitrogens with zero attached hydrogens (tertiary/aromatic N) is 4. The third-order valence-corrected chi connectivity index (χ3v) is 3.88. The molecule has 0 aliphatic carbocycles. The minimum atomic E-state index is -0.443. The highest BCUT2D eigenvalue weighted by molar-refractivity contribution is 5.60. The van der Waals surface area contributed by atoms with Gasteiger partial charge in [0.15, 0.2) is 11.9 Å². The highest BCUT2D eigenvalue weighted by Crippen LogP contribution is 2.27. The van der Waals surface area contributed by atoms with Crippen molar-refractivity contribution in [2.45, 2.75) is 6.04 Å². The van der Waals surface area contributed by atoms with Crippen LogP contribution in [0.4, 0.5) is 11.4 Å². The van der Waals surface area contributed by atoms with Crippen molar-refractivity contribution >= 4 is 11.4 Å². The van der Waals surface area contributed by atoms with E-state index in [0.717, 1.165) is 32.5 Å². The van der Waals surface area contributed by atoms with Gasteiger partial charge in [-0.25, -0.2) is 0 Å². The van der Waals surface area contributed by atoms with Crippen LogP contribution in [0, 0.1) is 15.3 Å². The van der Waals surface area contributed by atoms with Crippen LogP contribution in [-0.2, 0) is 4.74 Å². The zero-order valence-electron chi connectivity index (χ0n) is 11.0. The Bertz CT molecular complexity index is 512. The molecule has 0 amide bonds. The van der Waals surface area contributed by atoms with Crippen molar-refractivity contribution < 1.29 is 14.4 Å². The maximum absolute atomic E-state index is 11.4. The summed E-state index contributed by atoms with van der Waals surface area (Å²) in [6.07, 6.45) is 2.43. The van der Waals surface area contributed by atoms with Crippen molar-refractivity contribution in [3.8, 4) is 0 Å². The monoisotopic (exact) mass is 280 g/mol. The third kappa shape index (κ3) is 2.39. The second-order valence-electron chi connectivity index (χ2n) is 5.05. The predicted molar refractivity (Wildman–Crippen MR) is 70.4 cm³/mol. The van der Waals surface area contributed by atoms with Gasteiger partial charge in [0, 0.05) is 26.2 Å². The summed E-state index contributed by atoms with van der Waals surface area (Å²) in [4.78, 5) is 14.8. The van der Waals surface area contributed by atoms with Crippen LogP contribution in [0.5, 0.6) is 0 Å². The van der Waals surface area contributed by atoms with Gasteiger partial charge >= 0.3 is 5.69 Å². The Morgan fingerprint density at radius 3 is 2.55 bits per heavy atom. The molecule has 2 aliphatic heterocycles. The Morgan fingerprint density at radius 2 is 2.00 bits per heavy atom. The van der Waals surface area contributed by atoms with E-state index in [1.165, 1.54) is 12.3 Å². The highest BCUT2D eigenvalue weighted by atomic mass is 16.6. The molecular weight excluding hydrogens is 264 g/mol. The predicted octanol–water partition coefficient (Wildman–Crippen LogP) is -0.251. The summed E-state index contributed by atoms with van der Waals surface area (Å²) < 4.78 is 5.78. The van der Waals surface area contributed by atoms with E-state index in [0.29, 0.717) is 29.5 Å². The van der Waals surface area contributed by atoms with Gasteiger partial charge in [-0.3, -0.25) is 15.0 Å².